The summed E-state index contributed by atoms with van der Waals surface area (Å²) in [5.74, 6) is 0.0940. The second-order valence-electron chi connectivity index (χ2n) is 9.08. The number of benzene rings is 3. The number of para-hydroxylation sites is 1. The number of amides is 1. The van der Waals surface area contributed by atoms with E-state index < -0.39 is 11.6 Å². The molecule has 2 N–H and O–H groups in total. The first-order chi connectivity index (χ1) is 15.8. The quantitative estimate of drug-likeness (QED) is 0.515. The Morgan fingerprint density at radius 1 is 1.03 bits per heavy atom. The van der Waals surface area contributed by atoms with Crippen LogP contribution in [0.2, 0.25) is 0 Å². The van der Waals surface area contributed by atoms with E-state index in [1.807, 2.05) is 87.2 Å². The van der Waals surface area contributed by atoms with Crippen molar-refractivity contribution in [3.63, 3.8) is 0 Å². The Morgan fingerprint density at radius 3 is 2.45 bits per heavy atom. The molecule has 168 valence electrons. The third-order valence-corrected chi connectivity index (χ3v) is 6.89. The molecule has 5 rings (SSSR count). The molecular formula is C27H27N3O2S. The van der Waals surface area contributed by atoms with Gasteiger partial charge in [0.2, 0.25) is 5.91 Å². The van der Waals surface area contributed by atoms with Gasteiger partial charge in [0.25, 0.3) is 0 Å². The number of thiocarbonyl (C=S) groups is 1. The molecule has 0 saturated carbocycles. The predicted octanol–water partition coefficient (Wildman–Crippen LogP) is 5.41. The molecule has 2 aliphatic heterocycles. The summed E-state index contributed by atoms with van der Waals surface area (Å²) in [6.45, 7) is 8.04. The van der Waals surface area contributed by atoms with Crippen LogP contribution in [0, 0.1) is 26.7 Å². The highest BCUT2D eigenvalue weighted by atomic mass is 32.1. The van der Waals surface area contributed by atoms with Crippen LogP contribution < -0.4 is 20.3 Å². The van der Waals surface area contributed by atoms with Crippen LogP contribution in [0.3, 0.4) is 0 Å². The fraction of sp³-hybridized carbons (Fsp3) is 0.259. The highest BCUT2D eigenvalue weighted by Gasteiger charge is 2.59. The summed E-state index contributed by atoms with van der Waals surface area (Å²) in [5.41, 5.74) is 4.89. The van der Waals surface area contributed by atoms with Crippen molar-refractivity contribution in [3.8, 4) is 5.75 Å². The molecule has 0 unspecified atom stereocenters. The summed E-state index contributed by atoms with van der Waals surface area (Å²) in [4.78, 5) is 15.8. The van der Waals surface area contributed by atoms with E-state index in [-0.39, 0.29) is 11.9 Å². The fourth-order valence-corrected chi connectivity index (χ4v) is 5.45. The van der Waals surface area contributed by atoms with Gasteiger partial charge < -0.3 is 15.4 Å². The van der Waals surface area contributed by atoms with Gasteiger partial charge in [0.1, 0.15) is 11.7 Å². The number of hydrogen-bond donors (Lipinski definition) is 2. The standard InChI is InChI=1S/C27H27N3O2S/c1-16-10-12-21(18(3)14-16)28-25(31)23-24-20-15-17(2)11-13-22(20)32-27(23,4)30(26(33)29-24)19-8-6-5-7-9-19/h5-15,23-24H,1-4H3,(H,28,31)(H,29,33)/t23-,24-,27-/m0/s1. The van der Waals surface area contributed by atoms with Crippen LogP contribution in [-0.2, 0) is 4.79 Å². The molecule has 2 bridgehead atoms. The number of ether oxygens (including phenoxy) is 1. The van der Waals surface area contributed by atoms with Crippen molar-refractivity contribution in [1.29, 1.82) is 0 Å². The first-order valence-corrected chi connectivity index (χ1v) is 11.5. The maximum absolute atomic E-state index is 13.9. The van der Waals surface area contributed by atoms with Crippen molar-refractivity contribution in [1.82, 2.24) is 5.32 Å². The van der Waals surface area contributed by atoms with Crippen molar-refractivity contribution in [3.05, 3.63) is 89.0 Å². The number of anilines is 2. The van der Waals surface area contributed by atoms with E-state index in [1.165, 1.54) is 0 Å². The van der Waals surface area contributed by atoms with Crippen LogP contribution in [-0.4, -0.2) is 16.7 Å². The largest absolute Gasteiger partial charge is 0.467 e. The first-order valence-electron chi connectivity index (χ1n) is 11.1. The summed E-state index contributed by atoms with van der Waals surface area (Å²) >= 11 is 5.80. The Labute approximate surface area is 199 Å². The molecule has 1 amide bonds. The number of aryl methyl sites for hydroxylation is 3. The van der Waals surface area contributed by atoms with Gasteiger partial charge in [-0.3, -0.25) is 9.69 Å². The molecule has 33 heavy (non-hydrogen) atoms. The second-order valence-corrected chi connectivity index (χ2v) is 9.47. The van der Waals surface area contributed by atoms with E-state index in [9.17, 15) is 4.79 Å². The van der Waals surface area contributed by atoms with Crippen molar-refractivity contribution < 1.29 is 9.53 Å². The zero-order valence-electron chi connectivity index (χ0n) is 19.2. The molecule has 0 aliphatic carbocycles. The van der Waals surface area contributed by atoms with E-state index in [0.717, 1.165) is 39.4 Å². The molecule has 3 aromatic rings. The van der Waals surface area contributed by atoms with Crippen molar-refractivity contribution in [2.75, 3.05) is 10.2 Å². The van der Waals surface area contributed by atoms with Crippen LogP contribution >= 0.6 is 12.2 Å². The van der Waals surface area contributed by atoms with Crippen LogP contribution in [0.4, 0.5) is 11.4 Å². The molecule has 2 heterocycles. The summed E-state index contributed by atoms with van der Waals surface area (Å²) in [6, 6.07) is 21.6. The van der Waals surface area contributed by atoms with Gasteiger partial charge in [-0.2, -0.15) is 0 Å². The maximum Gasteiger partial charge on any atom is 0.236 e. The molecule has 0 radical (unpaired) electrons. The van der Waals surface area contributed by atoms with Gasteiger partial charge >= 0.3 is 0 Å². The summed E-state index contributed by atoms with van der Waals surface area (Å²) in [7, 11) is 0. The first kappa shape index (κ1) is 21.5. The van der Waals surface area contributed by atoms with Crippen LogP contribution in [0.15, 0.2) is 66.7 Å². The van der Waals surface area contributed by atoms with Crippen LogP contribution in [0.25, 0.3) is 0 Å². The average molecular weight is 458 g/mol. The minimum absolute atomic E-state index is 0.113. The van der Waals surface area contributed by atoms with Crippen molar-refractivity contribution in [2.45, 2.75) is 39.5 Å². The molecule has 5 nitrogen and oxygen atoms in total. The van der Waals surface area contributed by atoms with Gasteiger partial charge in [-0.25, -0.2) is 0 Å². The number of hydrogen-bond acceptors (Lipinski definition) is 3. The number of rotatable bonds is 3. The number of carbonyl (C=O) groups is 1. The smallest absolute Gasteiger partial charge is 0.236 e. The highest BCUT2D eigenvalue weighted by molar-refractivity contribution is 7.80. The topological polar surface area (TPSA) is 53.6 Å². The molecule has 1 fully saturated rings. The normalized spacial score (nSPS) is 23.3. The molecule has 6 heteroatoms. The van der Waals surface area contributed by atoms with E-state index in [2.05, 4.69) is 22.8 Å². The average Bonchev–Trinajstić information content (AvgIpc) is 2.76. The van der Waals surface area contributed by atoms with Gasteiger partial charge in [0, 0.05) is 16.9 Å². The minimum Gasteiger partial charge on any atom is -0.467 e. The lowest BCUT2D eigenvalue weighted by atomic mass is 9.78. The van der Waals surface area contributed by atoms with Gasteiger partial charge in [0.05, 0.1) is 6.04 Å². The zero-order valence-corrected chi connectivity index (χ0v) is 20.0. The molecular weight excluding hydrogens is 430 g/mol. The maximum atomic E-state index is 13.9. The fourth-order valence-electron chi connectivity index (χ4n) is 5.03. The minimum atomic E-state index is -1.01. The lowest BCUT2D eigenvalue weighted by Crippen LogP contribution is -2.72. The van der Waals surface area contributed by atoms with Crippen molar-refractivity contribution >= 4 is 34.6 Å². The summed E-state index contributed by atoms with van der Waals surface area (Å²) in [6.07, 6.45) is 0. The van der Waals surface area contributed by atoms with Gasteiger partial charge in [-0.1, -0.05) is 53.6 Å². The Balaban J connectivity index is 1.63. The third kappa shape index (κ3) is 3.55. The highest BCUT2D eigenvalue weighted by Crippen LogP contribution is 2.50. The lowest BCUT2D eigenvalue weighted by Gasteiger charge is -2.56. The lowest BCUT2D eigenvalue weighted by molar-refractivity contribution is -0.130. The molecule has 3 atom stereocenters. The number of carbonyl (C=O) groups excluding carboxylic acids is 1. The third-order valence-electron chi connectivity index (χ3n) is 6.59. The summed E-state index contributed by atoms with van der Waals surface area (Å²) in [5, 5.41) is 7.16. The van der Waals surface area contributed by atoms with E-state index >= 15 is 0 Å². The van der Waals surface area contributed by atoms with Crippen molar-refractivity contribution in [2.24, 2.45) is 5.92 Å². The van der Waals surface area contributed by atoms with E-state index in [1.54, 1.807) is 0 Å². The predicted molar refractivity (Wildman–Crippen MR) is 136 cm³/mol. The zero-order chi connectivity index (χ0) is 23.3. The number of fused-ring (bicyclic) bond motifs is 4. The Morgan fingerprint density at radius 2 is 1.73 bits per heavy atom. The summed E-state index contributed by atoms with van der Waals surface area (Å²) < 4.78 is 6.64. The Hall–Kier alpha value is -3.38. The Bertz CT molecular complexity index is 1260. The molecule has 3 aromatic carbocycles. The van der Waals surface area contributed by atoms with E-state index in [4.69, 9.17) is 17.0 Å². The van der Waals surface area contributed by atoms with Gasteiger partial charge in [-0.15, -0.1) is 0 Å². The van der Waals surface area contributed by atoms with Crippen LogP contribution in [0.1, 0.15) is 35.2 Å². The SMILES string of the molecule is Cc1ccc(NC(=O)[C@@H]2[C@H]3NC(=S)N(c4ccccc4)[C@@]2(C)Oc2ccc(C)cc23)c(C)c1. The molecule has 1 saturated heterocycles. The van der Waals surface area contributed by atoms with Gasteiger partial charge in [0.15, 0.2) is 10.8 Å². The molecule has 2 aliphatic rings. The number of nitrogens with one attached hydrogen (secondary N) is 2. The monoisotopic (exact) mass is 457 g/mol. The second kappa shape index (κ2) is 7.89. The number of nitrogens with zero attached hydrogens (tertiary/aromatic N) is 1. The molecule has 0 aromatic heterocycles. The van der Waals surface area contributed by atoms with E-state index in [0.29, 0.717) is 5.11 Å². The van der Waals surface area contributed by atoms with Gasteiger partial charge in [-0.05, 0) is 69.7 Å². The van der Waals surface area contributed by atoms with Crippen LogP contribution in [0.5, 0.6) is 5.75 Å². The molecule has 0 spiro atoms. The Kier molecular flexibility index (Phi) is 5.13.